The number of aromatic hydroxyl groups is 1. The Labute approximate surface area is 124 Å². The Kier molecular flexibility index (Phi) is 2.62. The van der Waals surface area contributed by atoms with Gasteiger partial charge in [0.15, 0.2) is 5.88 Å². The summed E-state index contributed by atoms with van der Waals surface area (Å²) < 4.78 is 0. The Hall–Kier alpha value is -3.28. The van der Waals surface area contributed by atoms with E-state index in [4.69, 9.17) is 0 Å². The Bertz CT molecular complexity index is 1070. The second-order valence-corrected chi connectivity index (χ2v) is 5.00. The fourth-order valence-corrected chi connectivity index (χ4v) is 2.52. The van der Waals surface area contributed by atoms with Crippen LogP contribution >= 0.6 is 0 Å². The summed E-state index contributed by atoms with van der Waals surface area (Å²) in [6.07, 6.45) is 1.61. The van der Waals surface area contributed by atoms with Crippen molar-refractivity contribution in [2.45, 2.75) is 0 Å². The summed E-state index contributed by atoms with van der Waals surface area (Å²) in [5.74, 6) is 0.0843. The highest BCUT2D eigenvalue weighted by Crippen LogP contribution is 2.26. The van der Waals surface area contributed by atoms with Gasteiger partial charge in [-0.15, -0.1) is 0 Å². The van der Waals surface area contributed by atoms with Gasteiger partial charge in [0.2, 0.25) is 0 Å². The Morgan fingerprint density at radius 3 is 2.68 bits per heavy atom. The Balaban J connectivity index is 1.78. The van der Waals surface area contributed by atoms with E-state index < -0.39 is 0 Å². The number of hydrogen-bond donors (Lipinski definition) is 4. The van der Waals surface area contributed by atoms with E-state index >= 15 is 0 Å². The van der Waals surface area contributed by atoms with E-state index in [1.165, 1.54) is 0 Å². The first-order valence-electron chi connectivity index (χ1n) is 6.76. The lowest BCUT2D eigenvalue weighted by Crippen LogP contribution is -1.99. The molecule has 0 saturated heterocycles. The van der Waals surface area contributed by atoms with Gasteiger partial charge in [-0.25, -0.2) is 4.79 Å². The maximum Gasteiger partial charge on any atom is 0.323 e. The van der Waals surface area contributed by atoms with Crippen LogP contribution in [0.15, 0.2) is 52.3 Å². The first kappa shape index (κ1) is 12.5. The minimum Gasteiger partial charge on any atom is -0.494 e. The molecule has 4 N–H and O–H groups in total. The van der Waals surface area contributed by atoms with Crippen molar-refractivity contribution < 1.29 is 5.11 Å². The SMILES string of the molecule is O=c1[nH]c2ccc(N=Cc3c(O)[nH]c4ccccc34)cc2[nH]1. The summed E-state index contributed by atoms with van der Waals surface area (Å²) in [5.41, 5.74) is 3.37. The molecule has 2 aromatic heterocycles. The van der Waals surface area contributed by atoms with E-state index in [0.717, 1.165) is 16.4 Å². The number of aromatic amines is 3. The molecule has 0 fully saturated rings. The number of fused-ring (bicyclic) bond motifs is 2. The van der Waals surface area contributed by atoms with Crippen LogP contribution in [0.2, 0.25) is 0 Å². The zero-order chi connectivity index (χ0) is 15.1. The third-order valence-electron chi connectivity index (χ3n) is 3.57. The van der Waals surface area contributed by atoms with E-state index in [1.54, 1.807) is 24.4 Å². The van der Waals surface area contributed by atoms with Crippen LogP contribution in [0.3, 0.4) is 0 Å². The molecule has 0 aliphatic rings. The third kappa shape index (κ3) is 1.98. The molecule has 0 atom stereocenters. The predicted octanol–water partition coefficient (Wildman–Crippen LogP) is 2.79. The zero-order valence-electron chi connectivity index (χ0n) is 11.4. The second-order valence-electron chi connectivity index (χ2n) is 5.00. The monoisotopic (exact) mass is 292 g/mol. The molecule has 0 unspecified atom stereocenters. The van der Waals surface area contributed by atoms with Crippen LogP contribution < -0.4 is 5.69 Å². The molecule has 6 heteroatoms. The van der Waals surface area contributed by atoms with Crippen molar-refractivity contribution >= 4 is 33.8 Å². The number of H-pyrrole nitrogens is 3. The number of imidazole rings is 1. The average Bonchev–Trinajstić information content (AvgIpc) is 3.03. The van der Waals surface area contributed by atoms with Crippen LogP contribution in [0.5, 0.6) is 5.88 Å². The van der Waals surface area contributed by atoms with Gasteiger partial charge in [0.25, 0.3) is 0 Å². The average molecular weight is 292 g/mol. The van der Waals surface area contributed by atoms with Crippen molar-refractivity contribution in [1.29, 1.82) is 0 Å². The van der Waals surface area contributed by atoms with Gasteiger partial charge in [-0.1, -0.05) is 18.2 Å². The smallest absolute Gasteiger partial charge is 0.323 e. The summed E-state index contributed by atoms with van der Waals surface area (Å²) >= 11 is 0. The molecule has 4 rings (SSSR count). The van der Waals surface area contributed by atoms with Crippen LogP contribution in [-0.2, 0) is 0 Å². The van der Waals surface area contributed by atoms with Gasteiger partial charge in [-0.3, -0.25) is 4.99 Å². The molecule has 0 spiro atoms. The number of aromatic nitrogens is 3. The molecular weight excluding hydrogens is 280 g/mol. The normalized spacial score (nSPS) is 11.8. The maximum atomic E-state index is 11.2. The third-order valence-corrected chi connectivity index (χ3v) is 3.57. The van der Waals surface area contributed by atoms with Gasteiger partial charge < -0.3 is 20.1 Å². The summed E-state index contributed by atoms with van der Waals surface area (Å²) in [4.78, 5) is 23.9. The number of nitrogens with zero attached hydrogens (tertiary/aromatic N) is 1. The molecule has 0 amide bonds. The van der Waals surface area contributed by atoms with Gasteiger partial charge >= 0.3 is 5.69 Å². The number of aliphatic imine (C=N–C) groups is 1. The first-order chi connectivity index (χ1) is 10.7. The molecule has 4 aromatic rings. The quantitative estimate of drug-likeness (QED) is 0.427. The Morgan fingerprint density at radius 1 is 0.955 bits per heavy atom. The molecule has 0 bridgehead atoms. The molecule has 0 radical (unpaired) electrons. The number of nitrogens with one attached hydrogen (secondary N) is 3. The van der Waals surface area contributed by atoms with Crippen LogP contribution in [0.1, 0.15) is 5.56 Å². The predicted molar refractivity (Wildman–Crippen MR) is 86.1 cm³/mol. The van der Waals surface area contributed by atoms with Crippen molar-refractivity contribution in [2.75, 3.05) is 0 Å². The molecule has 108 valence electrons. The van der Waals surface area contributed by atoms with E-state index in [2.05, 4.69) is 19.9 Å². The van der Waals surface area contributed by atoms with Crippen molar-refractivity contribution in [1.82, 2.24) is 15.0 Å². The van der Waals surface area contributed by atoms with Crippen molar-refractivity contribution in [3.63, 3.8) is 0 Å². The zero-order valence-corrected chi connectivity index (χ0v) is 11.4. The van der Waals surface area contributed by atoms with Crippen LogP contribution in [0.25, 0.3) is 21.9 Å². The molecule has 6 nitrogen and oxygen atoms in total. The number of rotatable bonds is 2. The summed E-state index contributed by atoms with van der Waals surface area (Å²) in [6, 6.07) is 13.0. The molecule has 2 aromatic carbocycles. The van der Waals surface area contributed by atoms with Crippen LogP contribution in [0, 0.1) is 0 Å². The first-order valence-corrected chi connectivity index (χ1v) is 6.76. The minimum atomic E-state index is -0.245. The molecule has 22 heavy (non-hydrogen) atoms. The summed E-state index contributed by atoms with van der Waals surface area (Å²) in [5, 5.41) is 10.9. The molecule has 2 heterocycles. The largest absolute Gasteiger partial charge is 0.494 e. The van der Waals surface area contributed by atoms with E-state index in [-0.39, 0.29) is 11.6 Å². The fourth-order valence-electron chi connectivity index (χ4n) is 2.52. The van der Waals surface area contributed by atoms with Crippen molar-refractivity contribution in [3.8, 4) is 5.88 Å². The lowest BCUT2D eigenvalue weighted by atomic mass is 10.2. The van der Waals surface area contributed by atoms with Crippen molar-refractivity contribution in [2.24, 2.45) is 4.99 Å². The Morgan fingerprint density at radius 2 is 1.77 bits per heavy atom. The maximum absolute atomic E-state index is 11.2. The highest BCUT2D eigenvalue weighted by molar-refractivity contribution is 6.02. The van der Waals surface area contributed by atoms with E-state index in [9.17, 15) is 9.90 Å². The standard InChI is InChI=1S/C16H12N4O2/c21-15-11(10-3-1-2-4-12(10)18-15)8-17-9-5-6-13-14(7-9)20-16(22)19-13/h1-8,18,21H,(H2,19,20,22). The number of para-hydroxylation sites is 1. The van der Waals surface area contributed by atoms with Gasteiger partial charge in [0, 0.05) is 17.1 Å². The van der Waals surface area contributed by atoms with Gasteiger partial charge in [0.1, 0.15) is 0 Å². The molecular formula is C16H12N4O2. The topological polar surface area (TPSA) is 97.0 Å². The van der Waals surface area contributed by atoms with Crippen molar-refractivity contribution in [3.05, 3.63) is 58.5 Å². The fraction of sp³-hybridized carbons (Fsp3) is 0. The summed E-state index contributed by atoms with van der Waals surface area (Å²) in [6.45, 7) is 0. The number of benzene rings is 2. The minimum absolute atomic E-state index is 0.0843. The summed E-state index contributed by atoms with van der Waals surface area (Å²) in [7, 11) is 0. The highest BCUT2D eigenvalue weighted by Gasteiger charge is 2.07. The van der Waals surface area contributed by atoms with Gasteiger partial charge in [-0.2, -0.15) is 0 Å². The second kappa shape index (κ2) is 4.63. The lowest BCUT2D eigenvalue weighted by molar-refractivity contribution is 0.457. The van der Waals surface area contributed by atoms with Gasteiger partial charge in [0.05, 0.1) is 22.3 Å². The van der Waals surface area contributed by atoms with E-state index in [0.29, 0.717) is 16.8 Å². The molecule has 0 saturated carbocycles. The molecule has 0 aliphatic heterocycles. The lowest BCUT2D eigenvalue weighted by Gasteiger charge is -1.95. The number of hydrogen-bond acceptors (Lipinski definition) is 3. The highest BCUT2D eigenvalue weighted by atomic mass is 16.3. The van der Waals surface area contributed by atoms with Gasteiger partial charge in [-0.05, 0) is 24.3 Å². The molecule has 0 aliphatic carbocycles. The van der Waals surface area contributed by atoms with Crippen LogP contribution in [-0.4, -0.2) is 26.3 Å². The van der Waals surface area contributed by atoms with Crippen LogP contribution in [0.4, 0.5) is 5.69 Å². The van der Waals surface area contributed by atoms with E-state index in [1.807, 2.05) is 24.3 Å².